The third-order valence-electron chi connectivity index (χ3n) is 6.68. The highest BCUT2D eigenvalue weighted by atomic mass is 31.2. The van der Waals surface area contributed by atoms with E-state index in [-0.39, 0.29) is 5.75 Å². The lowest BCUT2D eigenvalue weighted by atomic mass is 10.1. The van der Waals surface area contributed by atoms with Crippen LogP contribution in [0.25, 0.3) is 11.2 Å². The van der Waals surface area contributed by atoms with Crippen molar-refractivity contribution < 1.29 is 18.7 Å². The average molecular weight is 508 g/mol. The lowest BCUT2D eigenvalue weighted by molar-refractivity contribution is 0.287. The number of benzene rings is 2. The summed E-state index contributed by atoms with van der Waals surface area (Å²) < 4.78 is 24.9. The van der Waals surface area contributed by atoms with Crippen LogP contribution in [0.5, 0.6) is 5.75 Å². The average Bonchev–Trinajstić information content (AvgIpc) is 3.58. The molecule has 188 valence electrons. The molecule has 0 unspecified atom stereocenters. The molecular formula is C26H30N5O4P. The van der Waals surface area contributed by atoms with Crippen molar-refractivity contribution >= 4 is 35.6 Å². The zero-order chi connectivity index (χ0) is 25.1. The van der Waals surface area contributed by atoms with Gasteiger partial charge >= 0.3 is 7.60 Å². The third kappa shape index (κ3) is 5.00. The van der Waals surface area contributed by atoms with Crippen molar-refractivity contribution in [1.29, 1.82) is 0 Å². The predicted molar refractivity (Wildman–Crippen MR) is 139 cm³/mol. The molecule has 0 bridgehead atoms. The summed E-state index contributed by atoms with van der Waals surface area (Å²) in [5, 5.41) is 13.7. The van der Waals surface area contributed by atoms with Gasteiger partial charge in [-0.3, -0.25) is 4.57 Å². The Morgan fingerprint density at radius 2 is 1.83 bits per heavy atom. The molecule has 0 radical (unpaired) electrons. The number of nitrogens with zero attached hydrogens (tertiary/aromatic N) is 4. The van der Waals surface area contributed by atoms with Crippen LogP contribution in [-0.4, -0.2) is 38.8 Å². The highest BCUT2D eigenvalue weighted by molar-refractivity contribution is 7.62. The van der Waals surface area contributed by atoms with Crippen LogP contribution in [0.2, 0.25) is 0 Å². The minimum Gasteiger partial charge on any atom is -0.508 e. The Kier molecular flexibility index (Phi) is 7.05. The highest BCUT2D eigenvalue weighted by Crippen LogP contribution is 2.45. The molecule has 9 nitrogen and oxygen atoms in total. The molecule has 1 aliphatic rings. The van der Waals surface area contributed by atoms with Crippen molar-refractivity contribution in [3.63, 3.8) is 0 Å². The monoisotopic (exact) mass is 507 g/mol. The van der Waals surface area contributed by atoms with Gasteiger partial charge in [0.2, 0.25) is 0 Å². The summed E-state index contributed by atoms with van der Waals surface area (Å²) in [4.78, 5) is 14.5. The zero-order valence-corrected chi connectivity index (χ0v) is 21.3. The summed E-state index contributed by atoms with van der Waals surface area (Å²) in [6, 6.07) is 14.4. The number of fused-ring (bicyclic) bond motifs is 1. The maximum Gasteiger partial charge on any atom is 0.360 e. The van der Waals surface area contributed by atoms with Gasteiger partial charge in [-0.15, -0.1) is 0 Å². The van der Waals surface area contributed by atoms with E-state index in [0.717, 1.165) is 42.0 Å². The van der Waals surface area contributed by atoms with Crippen molar-refractivity contribution in [2.45, 2.75) is 44.6 Å². The zero-order valence-electron chi connectivity index (χ0n) is 20.4. The Morgan fingerprint density at radius 3 is 2.53 bits per heavy atom. The van der Waals surface area contributed by atoms with Gasteiger partial charge < -0.3 is 24.0 Å². The predicted octanol–water partition coefficient (Wildman–Crippen LogP) is 5.29. The van der Waals surface area contributed by atoms with Gasteiger partial charge in [0.1, 0.15) is 11.6 Å². The molecule has 2 aromatic carbocycles. The second-order valence-electron chi connectivity index (χ2n) is 8.98. The fraction of sp³-hybridized carbons (Fsp3) is 0.346. The molecule has 1 saturated carbocycles. The largest absolute Gasteiger partial charge is 0.508 e. The number of phenols is 1. The number of hydrogen-bond acceptors (Lipinski definition) is 8. The molecule has 5 rings (SSSR count). The third-order valence-corrected chi connectivity index (χ3v) is 8.57. The van der Waals surface area contributed by atoms with E-state index in [1.807, 2.05) is 28.8 Å². The van der Waals surface area contributed by atoms with E-state index in [1.54, 1.807) is 30.6 Å². The van der Waals surface area contributed by atoms with Crippen molar-refractivity contribution in [2.24, 2.45) is 0 Å². The molecule has 36 heavy (non-hydrogen) atoms. The van der Waals surface area contributed by atoms with Gasteiger partial charge in [0.25, 0.3) is 0 Å². The minimum absolute atomic E-state index is 0.263. The van der Waals surface area contributed by atoms with E-state index in [1.165, 1.54) is 27.1 Å². The maximum absolute atomic E-state index is 12.7. The van der Waals surface area contributed by atoms with Crippen LogP contribution in [-0.2, 0) is 26.6 Å². The number of aromatic hydroxyl groups is 1. The van der Waals surface area contributed by atoms with Crippen LogP contribution in [0.1, 0.15) is 43.0 Å². The molecule has 2 N–H and O–H groups in total. The number of rotatable bonds is 9. The van der Waals surface area contributed by atoms with Crippen LogP contribution in [0, 0.1) is 0 Å². The fourth-order valence-corrected chi connectivity index (χ4v) is 5.77. The van der Waals surface area contributed by atoms with Crippen LogP contribution < -0.4 is 10.6 Å². The molecule has 1 fully saturated rings. The molecule has 0 saturated heterocycles. The van der Waals surface area contributed by atoms with Crippen molar-refractivity contribution in [1.82, 2.24) is 19.5 Å². The van der Waals surface area contributed by atoms with Crippen LogP contribution in [0.15, 0.2) is 54.9 Å². The van der Waals surface area contributed by atoms with Crippen molar-refractivity contribution in [3.8, 4) is 5.75 Å². The molecule has 0 spiro atoms. The number of aromatic nitrogens is 4. The van der Waals surface area contributed by atoms with E-state index < -0.39 is 7.60 Å². The Labute approximate surface area is 210 Å². The molecular weight excluding hydrogens is 477 g/mol. The quantitative estimate of drug-likeness (QED) is 0.294. The van der Waals surface area contributed by atoms with Crippen LogP contribution in [0.3, 0.4) is 0 Å². The van der Waals surface area contributed by atoms with Gasteiger partial charge in [0, 0.05) is 32.4 Å². The van der Waals surface area contributed by atoms with Crippen molar-refractivity contribution in [3.05, 3.63) is 66.2 Å². The number of imidazole rings is 1. The smallest absolute Gasteiger partial charge is 0.360 e. The first-order valence-corrected chi connectivity index (χ1v) is 13.6. The van der Waals surface area contributed by atoms with E-state index >= 15 is 0 Å². The second-order valence-corrected chi connectivity index (χ2v) is 11.2. The fourth-order valence-electron chi connectivity index (χ4n) is 4.69. The van der Waals surface area contributed by atoms with Gasteiger partial charge in [-0.1, -0.05) is 25.0 Å². The summed E-state index contributed by atoms with van der Waals surface area (Å²) >= 11 is 0. The summed E-state index contributed by atoms with van der Waals surface area (Å²) in [6.07, 6.45) is 7.08. The van der Waals surface area contributed by atoms with E-state index in [9.17, 15) is 9.67 Å². The second kappa shape index (κ2) is 10.4. The number of anilines is 2. The Hall–Kier alpha value is -3.26. The molecule has 0 amide bonds. The highest BCUT2D eigenvalue weighted by Gasteiger charge is 2.25. The molecule has 2 heterocycles. The van der Waals surface area contributed by atoms with E-state index in [0.29, 0.717) is 29.1 Å². The van der Waals surface area contributed by atoms with Crippen LogP contribution >= 0.6 is 7.60 Å². The first-order valence-electron chi connectivity index (χ1n) is 12.1. The Bertz CT molecular complexity index is 1390. The number of phenolic OH excluding ortho intramolecular Hbond substituents is 1. The van der Waals surface area contributed by atoms with Gasteiger partial charge in [0.05, 0.1) is 11.6 Å². The van der Waals surface area contributed by atoms with Crippen LogP contribution in [0.4, 0.5) is 11.5 Å². The van der Waals surface area contributed by atoms with E-state index in [4.69, 9.17) is 19.0 Å². The van der Waals surface area contributed by atoms with Gasteiger partial charge in [-0.25, -0.2) is 15.0 Å². The molecule has 0 atom stereocenters. The minimum atomic E-state index is -3.32. The number of aryl methyl sites for hydroxylation is 2. The summed E-state index contributed by atoms with van der Waals surface area (Å²) in [5.41, 5.74) is 3.31. The molecule has 2 aromatic heterocycles. The van der Waals surface area contributed by atoms with E-state index in [2.05, 4.69) is 10.3 Å². The first-order chi connectivity index (χ1) is 17.5. The summed E-state index contributed by atoms with van der Waals surface area (Å²) in [5.74, 6) is 2.08. The Morgan fingerprint density at radius 1 is 1.08 bits per heavy atom. The van der Waals surface area contributed by atoms with Crippen molar-refractivity contribution in [2.75, 3.05) is 19.5 Å². The Balaban J connectivity index is 1.46. The molecule has 0 aliphatic heterocycles. The normalized spacial score (nSPS) is 14.5. The number of hydrogen-bond donors (Lipinski definition) is 2. The maximum atomic E-state index is 12.7. The molecule has 1 aliphatic carbocycles. The van der Waals surface area contributed by atoms with Gasteiger partial charge in [-0.05, 0) is 61.2 Å². The molecule has 4 aromatic rings. The van der Waals surface area contributed by atoms with Gasteiger partial charge in [0.15, 0.2) is 17.0 Å². The first kappa shape index (κ1) is 24.4. The topological polar surface area (TPSA) is 111 Å². The summed E-state index contributed by atoms with van der Waals surface area (Å²) in [7, 11) is -0.574. The SMILES string of the molecule is COP(=O)(OC)c1ccc(Nc2nc(C3CCCC3)nc3c2ncn3CCc2cccc(O)c2)cc1. The number of nitrogens with one attached hydrogen (secondary N) is 1. The lowest BCUT2D eigenvalue weighted by Crippen LogP contribution is -2.09. The summed E-state index contributed by atoms with van der Waals surface area (Å²) in [6.45, 7) is 0.679. The lowest BCUT2D eigenvalue weighted by Gasteiger charge is -2.15. The van der Waals surface area contributed by atoms with Gasteiger partial charge in [-0.2, -0.15) is 0 Å². The molecule has 10 heteroatoms. The standard InChI is InChI=1S/C26H30N5O4P/c1-34-36(33,35-2)22-12-10-20(11-13-22)28-25-23-26(30-24(29-25)19-7-3-4-8-19)31(17-27-23)15-14-18-6-5-9-21(32)16-18/h5-6,9-13,16-17,19,32H,3-4,7-8,14-15H2,1-2H3,(H,28,29,30).